The number of halogens is 1. The molecule has 150 valence electrons. The second kappa shape index (κ2) is 9.94. The van der Waals surface area contributed by atoms with Crippen LogP contribution in [0.5, 0.6) is 0 Å². The molecular formula is C23H30ClN3O. The van der Waals surface area contributed by atoms with E-state index < -0.39 is 0 Å². The Morgan fingerprint density at radius 1 is 1.21 bits per heavy atom. The normalized spacial score (nSPS) is 18.0. The molecule has 2 atom stereocenters. The van der Waals surface area contributed by atoms with Gasteiger partial charge in [0.25, 0.3) is 5.91 Å². The molecule has 1 aliphatic heterocycles. The molecule has 1 saturated heterocycles. The zero-order chi connectivity index (χ0) is 19.9. The molecule has 0 aliphatic carbocycles. The van der Waals surface area contributed by atoms with E-state index in [1.54, 1.807) is 0 Å². The number of likely N-dealkylation sites (tertiary alicyclic amines) is 1. The van der Waals surface area contributed by atoms with Crippen molar-refractivity contribution in [1.29, 1.82) is 0 Å². The van der Waals surface area contributed by atoms with E-state index in [0.29, 0.717) is 12.1 Å². The van der Waals surface area contributed by atoms with Crippen LogP contribution in [-0.2, 0) is 0 Å². The summed E-state index contributed by atoms with van der Waals surface area (Å²) >= 11 is 6.32. The van der Waals surface area contributed by atoms with Crippen molar-refractivity contribution in [3.8, 4) is 0 Å². The van der Waals surface area contributed by atoms with Crippen molar-refractivity contribution in [2.75, 3.05) is 38.1 Å². The predicted molar refractivity (Wildman–Crippen MR) is 117 cm³/mol. The van der Waals surface area contributed by atoms with Crippen LogP contribution in [0, 0.1) is 0 Å². The third-order valence-corrected chi connectivity index (χ3v) is 5.73. The highest BCUT2D eigenvalue weighted by Crippen LogP contribution is 2.28. The van der Waals surface area contributed by atoms with Gasteiger partial charge in [-0.1, -0.05) is 37.3 Å². The fraction of sp³-hybridized carbons (Fsp3) is 0.435. The Bertz CT molecular complexity index is 750. The molecule has 0 spiro atoms. The minimum Gasteiger partial charge on any atom is -0.366 e. The molecule has 1 fully saturated rings. The summed E-state index contributed by atoms with van der Waals surface area (Å²) in [7, 11) is 2.12. The summed E-state index contributed by atoms with van der Waals surface area (Å²) < 4.78 is 0. The number of anilines is 1. The highest BCUT2D eigenvalue weighted by atomic mass is 35.5. The van der Waals surface area contributed by atoms with Crippen molar-refractivity contribution < 1.29 is 4.79 Å². The molecule has 0 radical (unpaired) electrons. The van der Waals surface area contributed by atoms with Crippen LogP contribution in [0.2, 0.25) is 0 Å². The Balaban J connectivity index is 1.76. The van der Waals surface area contributed by atoms with Crippen molar-refractivity contribution in [2.45, 2.75) is 31.2 Å². The second-order valence-corrected chi connectivity index (χ2v) is 8.10. The minimum absolute atomic E-state index is 0.0131. The van der Waals surface area contributed by atoms with Crippen molar-refractivity contribution >= 4 is 23.2 Å². The van der Waals surface area contributed by atoms with Gasteiger partial charge in [-0.05, 0) is 49.2 Å². The molecule has 1 amide bonds. The van der Waals surface area contributed by atoms with E-state index in [9.17, 15) is 4.79 Å². The monoisotopic (exact) mass is 399 g/mol. The molecule has 0 unspecified atom stereocenters. The first-order chi connectivity index (χ1) is 13.6. The number of nitrogens with one attached hydrogen (secondary N) is 1. The highest BCUT2D eigenvalue weighted by Gasteiger charge is 2.26. The largest absolute Gasteiger partial charge is 0.366 e. The van der Waals surface area contributed by atoms with Crippen LogP contribution in [0.15, 0.2) is 54.6 Å². The molecule has 28 heavy (non-hydrogen) atoms. The lowest BCUT2D eigenvalue weighted by atomic mass is 10.0. The van der Waals surface area contributed by atoms with Gasteiger partial charge in [-0.3, -0.25) is 9.69 Å². The molecule has 2 aromatic carbocycles. The predicted octanol–water partition coefficient (Wildman–Crippen LogP) is 4.32. The van der Waals surface area contributed by atoms with E-state index in [2.05, 4.69) is 59.4 Å². The number of rotatable bonds is 8. The maximum atomic E-state index is 12.2. The van der Waals surface area contributed by atoms with E-state index in [1.165, 1.54) is 5.56 Å². The summed E-state index contributed by atoms with van der Waals surface area (Å²) in [5.41, 5.74) is 3.08. The Kier molecular flexibility index (Phi) is 7.35. The van der Waals surface area contributed by atoms with Crippen molar-refractivity contribution in [2.24, 2.45) is 0 Å². The quantitative estimate of drug-likeness (QED) is 0.671. The highest BCUT2D eigenvalue weighted by molar-refractivity contribution is 6.20. The van der Waals surface area contributed by atoms with E-state index >= 15 is 0 Å². The van der Waals surface area contributed by atoms with Gasteiger partial charge in [0.2, 0.25) is 0 Å². The SMILES string of the molecule is CCCNC(=O)c1ccc(N(C)[C@H](CN2CC[C@H](Cl)C2)c2ccccc2)cc1. The molecule has 1 N–H and O–H groups in total. The summed E-state index contributed by atoms with van der Waals surface area (Å²) in [6, 6.07) is 18.7. The van der Waals surface area contributed by atoms with Crippen LogP contribution in [0.4, 0.5) is 5.69 Å². The van der Waals surface area contributed by atoms with Gasteiger partial charge >= 0.3 is 0 Å². The third-order valence-electron chi connectivity index (χ3n) is 5.37. The average molecular weight is 400 g/mol. The fourth-order valence-electron chi connectivity index (χ4n) is 3.69. The van der Waals surface area contributed by atoms with Crippen molar-refractivity contribution in [3.63, 3.8) is 0 Å². The number of benzene rings is 2. The summed E-state index contributed by atoms with van der Waals surface area (Å²) in [5, 5.41) is 3.18. The molecule has 0 saturated carbocycles. The van der Waals surface area contributed by atoms with Gasteiger partial charge in [-0.2, -0.15) is 0 Å². The maximum Gasteiger partial charge on any atom is 0.251 e. The van der Waals surface area contributed by atoms with Gasteiger partial charge in [0.15, 0.2) is 0 Å². The number of hydrogen-bond donors (Lipinski definition) is 1. The first kappa shape index (κ1) is 20.7. The average Bonchev–Trinajstić information content (AvgIpc) is 3.15. The smallest absolute Gasteiger partial charge is 0.251 e. The molecule has 2 aromatic rings. The Morgan fingerprint density at radius 3 is 2.54 bits per heavy atom. The standard InChI is InChI=1S/C23H30ClN3O/c1-3-14-25-23(28)19-9-11-21(12-10-19)26(2)22(18-7-5-4-6-8-18)17-27-15-13-20(24)16-27/h4-12,20,22H,3,13-17H2,1-2H3,(H,25,28)/t20-,22+/m0/s1. The zero-order valence-electron chi connectivity index (χ0n) is 16.8. The van der Waals surface area contributed by atoms with E-state index in [1.807, 2.05) is 24.3 Å². The second-order valence-electron chi connectivity index (χ2n) is 7.49. The molecular weight excluding hydrogens is 370 g/mol. The topological polar surface area (TPSA) is 35.6 Å². The van der Waals surface area contributed by atoms with E-state index in [4.69, 9.17) is 11.6 Å². The number of carbonyl (C=O) groups excluding carboxylic acids is 1. The van der Waals surface area contributed by atoms with Gasteiger partial charge in [0, 0.05) is 43.3 Å². The van der Waals surface area contributed by atoms with Crippen molar-refractivity contribution in [3.05, 3.63) is 65.7 Å². The van der Waals surface area contributed by atoms with E-state index in [-0.39, 0.29) is 17.3 Å². The van der Waals surface area contributed by atoms with Crippen LogP contribution < -0.4 is 10.2 Å². The van der Waals surface area contributed by atoms with Crippen LogP contribution in [-0.4, -0.2) is 49.4 Å². The number of amides is 1. The molecule has 1 heterocycles. The summed E-state index contributed by atoms with van der Waals surface area (Å²) in [6.07, 6.45) is 1.99. The summed E-state index contributed by atoms with van der Waals surface area (Å²) in [4.78, 5) is 16.9. The van der Waals surface area contributed by atoms with Crippen LogP contribution in [0.25, 0.3) is 0 Å². The number of nitrogens with zero attached hydrogens (tertiary/aromatic N) is 2. The number of hydrogen-bond acceptors (Lipinski definition) is 3. The lowest BCUT2D eigenvalue weighted by Gasteiger charge is -2.33. The molecule has 1 aliphatic rings. The molecule has 4 nitrogen and oxygen atoms in total. The van der Waals surface area contributed by atoms with Crippen LogP contribution >= 0.6 is 11.6 Å². The Labute approximate surface area is 173 Å². The molecule has 3 rings (SSSR count). The maximum absolute atomic E-state index is 12.2. The van der Waals surface area contributed by atoms with Gasteiger partial charge in [0.1, 0.15) is 0 Å². The first-order valence-corrected chi connectivity index (χ1v) is 10.5. The molecule has 5 heteroatoms. The lowest BCUT2D eigenvalue weighted by Crippen LogP contribution is -2.35. The van der Waals surface area contributed by atoms with Gasteiger partial charge in [-0.25, -0.2) is 0 Å². The molecule has 0 bridgehead atoms. The number of alkyl halides is 1. The Hall–Kier alpha value is -2.04. The van der Waals surface area contributed by atoms with Gasteiger partial charge in [-0.15, -0.1) is 11.6 Å². The van der Waals surface area contributed by atoms with Crippen LogP contribution in [0.3, 0.4) is 0 Å². The minimum atomic E-state index is -0.0131. The van der Waals surface area contributed by atoms with E-state index in [0.717, 1.165) is 38.2 Å². The Morgan fingerprint density at radius 2 is 1.93 bits per heavy atom. The lowest BCUT2D eigenvalue weighted by molar-refractivity contribution is 0.0953. The number of likely N-dealkylation sites (N-methyl/N-ethyl adjacent to an activating group) is 1. The van der Waals surface area contributed by atoms with Crippen LogP contribution in [0.1, 0.15) is 41.7 Å². The third kappa shape index (κ3) is 5.27. The molecule has 0 aromatic heterocycles. The fourth-order valence-corrected chi connectivity index (χ4v) is 3.98. The zero-order valence-corrected chi connectivity index (χ0v) is 17.5. The number of carbonyl (C=O) groups is 1. The summed E-state index contributed by atoms with van der Waals surface area (Å²) in [6.45, 7) is 5.67. The first-order valence-electron chi connectivity index (χ1n) is 10.1. The summed E-state index contributed by atoms with van der Waals surface area (Å²) in [5.74, 6) is -0.0131. The van der Waals surface area contributed by atoms with Gasteiger partial charge < -0.3 is 10.2 Å². The van der Waals surface area contributed by atoms with Gasteiger partial charge in [0.05, 0.1) is 6.04 Å². The van der Waals surface area contributed by atoms with Crippen molar-refractivity contribution in [1.82, 2.24) is 10.2 Å².